The molecule has 1 fully saturated rings. The van der Waals surface area contributed by atoms with Crippen molar-refractivity contribution < 1.29 is 19.4 Å². The molecule has 5 nitrogen and oxygen atoms in total. The van der Waals surface area contributed by atoms with Gasteiger partial charge in [0.05, 0.1) is 13.0 Å². The fourth-order valence-electron chi connectivity index (χ4n) is 2.55. The van der Waals surface area contributed by atoms with E-state index in [1.165, 1.54) is 4.90 Å². The van der Waals surface area contributed by atoms with Crippen molar-refractivity contribution in [3.8, 4) is 5.75 Å². The van der Waals surface area contributed by atoms with Gasteiger partial charge in [0.15, 0.2) is 0 Å². The van der Waals surface area contributed by atoms with Crippen LogP contribution in [0.1, 0.15) is 37.3 Å². The lowest BCUT2D eigenvalue weighted by Gasteiger charge is -2.26. The van der Waals surface area contributed by atoms with Gasteiger partial charge < -0.3 is 14.7 Å². The molecule has 1 unspecified atom stereocenters. The summed E-state index contributed by atoms with van der Waals surface area (Å²) in [5.41, 5.74) is 2.20. The zero-order valence-electron chi connectivity index (χ0n) is 13.3. The maximum absolute atomic E-state index is 12.3. The van der Waals surface area contributed by atoms with E-state index in [9.17, 15) is 9.59 Å². The minimum Gasteiger partial charge on any atom is -0.493 e. The highest BCUT2D eigenvalue weighted by atomic mass is 16.5. The molecule has 1 saturated carbocycles. The first-order valence-electron chi connectivity index (χ1n) is 7.64. The number of hydrogen-bond donors (Lipinski definition) is 1. The number of carboxylic acid groups (broad SMARTS) is 1. The number of rotatable bonds is 7. The summed E-state index contributed by atoms with van der Waals surface area (Å²) in [7, 11) is 0. The Kier molecular flexibility index (Phi) is 5.06. The average Bonchev–Trinajstić information content (AvgIpc) is 3.26. The second kappa shape index (κ2) is 6.81. The molecule has 1 atom stereocenters. The van der Waals surface area contributed by atoms with E-state index in [1.807, 2.05) is 32.0 Å². The first-order valence-corrected chi connectivity index (χ1v) is 7.64. The highest BCUT2D eigenvalue weighted by Gasteiger charge is 2.37. The van der Waals surface area contributed by atoms with Crippen LogP contribution in [0.4, 0.5) is 0 Å². The van der Waals surface area contributed by atoms with Crippen LogP contribution < -0.4 is 4.74 Å². The molecule has 1 aromatic carbocycles. The molecule has 1 aliphatic carbocycles. The highest BCUT2D eigenvalue weighted by Crippen LogP contribution is 2.29. The summed E-state index contributed by atoms with van der Waals surface area (Å²) in [6, 6.07) is 5.20. The summed E-state index contributed by atoms with van der Waals surface area (Å²) in [4.78, 5) is 24.9. The Morgan fingerprint density at radius 1 is 1.36 bits per heavy atom. The molecule has 0 spiro atoms. The fraction of sp³-hybridized carbons (Fsp3) is 0.529. The number of aliphatic carboxylic acids is 1. The van der Waals surface area contributed by atoms with E-state index >= 15 is 0 Å². The van der Waals surface area contributed by atoms with Crippen molar-refractivity contribution in [2.75, 3.05) is 6.61 Å². The molecule has 0 bridgehead atoms. The van der Waals surface area contributed by atoms with E-state index in [0.717, 1.165) is 29.7 Å². The van der Waals surface area contributed by atoms with Crippen LogP contribution in [-0.4, -0.2) is 40.6 Å². The third-order valence-electron chi connectivity index (χ3n) is 3.91. The fourth-order valence-corrected chi connectivity index (χ4v) is 2.55. The van der Waals surface area contributed by atoms with Crippen molar-refractivity contribution in [3.05, 3.63) is 29.3 Å². The van der Waals surface area contributed by atoms with Crippen molar-refractivity contribution in [2.45, 2.75) is 52.1 Å². The van der Waals surface area contributed by atoms with Gasteiger partial charge in [0.1, 0.15) is 11.8 Å². The van der Waals surface area contributed by atoms with Gasteiger partial charge in [-0.25, -0.2) is 4.79 Å². The molecule has 22 heavy (non-hydrogen) atoms. The van der Waals surface area contributed by atoms with Gasteiger partial charge in [-0.3, -0.25) is 4.79 Å². The number of aryl methyl sites for hydroxylation is 2. The summed E-state index contributed by atoms with van der Waals surface area (Å²) in [6.45, 7) is 5.80. The number of hydrogen-bond acceptors (Lipinski definition) is 3. The van der Waals surface area contributed by atoms with Crippen LogP contribution in [0.25, 0.3) is 0 Å². The smallest absolute Gasteiger partial charge is 0.326 e. The number of amides is 1. The zero-order chi connectivity index (χ0) is 16.3. The Bertz CT molecular complexity index is 566. The van der Waals surface area contributed by atoms with Crippen LogP contribution in [0.5, 0.6) is 5.75 Å². The molecule has 0 heterocycles. The van der Waals surface area contributed by atoms with Gasteiger partial charge in [-0.05, 0) is 45.2 Å². The molecule has 0 aromatic heterocycles. The summed E-state index contributed by atoms with van der Waals surface area (Å²) < 4.78 is 5.66. The number of benzene rings is 1. The first kappa shape index (κ1) is 16.3. The quantitative estimate of drug-likeness (QED) is 0.840. The van der Waals surface area contributed by atoms with E-state index in [-0.39, 0.29) is 25.0 Å². The molecule has 5 heteroatoms. The molecule has 1 N–H and O–H groups in total. The number of ether oxygens (including phenoxy) is 1. The third-order valence-corrected chi connectivity index (χ3v) is 3.91. The van der Waals surface area contributed by atoms with E-state index in [1.54, 1.807) is 6.92 Å². The molecule has 0 saturated heterocycles. The van der Waals surface area contributed by atoms with Crippen molar-refractivity contribution in [1.82, 2.24) is 4.90 Å². The second-order valence-electron chi connectivity index (χ2n) is 5.91. The van der Waals surface area contributed by atoms with Crippen LogP contribution in [0.3, 0.4) is 0 Å². The van der Waals surface area contributed by atoms with Crippen molar-refractivity contribution in [3.63, 3.8) is 0 Å². The summed E-state index contributed by atoms with van der Waals surface area (Å²) in [5, 5.41) is 9.12. The molecule has 2 rings (SSSR count). The number of carbonyl (C=O) groups is 2. The van der Waals surface area contributed by atoms with E-state index < -0.39 is 12.0 Å². The molecular formula is C17H23NO4. The highest BCUT2D eigenvalue weighted by molar-refractivity contribution is 5.84. The van der Waals surface area contributed by atoms with E-state index in [0.29, 0.717) is 0 Å². The lowest BCUT2D eigenvalue weighted by Crippen LogP contribution is -2.45. The monoisotopic (exact) mass is 305 g/mol. The average molecular weight is 305 g/mol. The predicted molar refractivity (Wildman–Crippen MR) is 83.0 cm³/mol. The molecular weight excluding hydrogens is 282 g/mol. The summed E-state index contributed by atoms with van der Waals surface area (Å²) in [5.74, 6) is -0.347. The third kappa shape index (κ3) is 4.00. The standard InChI is InChI=1S/C17H23NO4/c1-11-4-7-15(12(2)10-11)22-9-8-16(19)18(14-5-6-14)13(3)17(20)21/h4,7,10,13-14H,5-6,8-9H2,1-3H3,(H,20,21). The molecule has 0 radical (unpaired) electrons. The summed E-state index contributed by atoms with van der Waals surface area (Å²) in [6.07, 6.45) is 1.98. The van der Waals surface area contributed by atoms with Gasteiger partial charge in [-0.1, -0.05) is 17.7 Å². The Labute approximate surface area is 130 Å². The van der Waals surface area contributed by atoms with Gasteiger partial charge in [0, 0.05) is 6.04 Å². The largest absolute Gasteiger partial charge is 0.493 e. The van der Waals surface area contributed by atoms with Crippen molar-refractivity contribution in [1.29, 1.82) is 0 Å². The first-order chi connectivity index (χ1) is 10.4. The van der Waals surface area contributed by atoms with Crippen LogP contribution >= 0.6 is 0 Å². The van der Waals surface area contributed by atoms with Crippen LogP contribution in [0, 0.1) is 13.8 Å². The Morgan fingerprint density at radius 3 is 2.59 bits per heavy atom. The van der Waals surface area contributed by atoms with Crippen LogP contribution in [-0.2, 0) is 9.59 Å². The predicted octanol–water partition coefficient (Wildman–Crippen LogP) is 2.54. The number of nitrogens with zero attached hydrogens (tertiary/aromatic N) is 1. The minimum atomic E-state index is -0.962. The lowest BCUT2D eigenvalue weighted by atomic mass is 10.1. The Morgan fingerprint density at radius 2 is 2.05 bits per heavy atom. The van der Waals surface area contributed by atoms with Gasteiger partial charge in [-0.15, -0.1) is 0 Å². The normalized spacial score (nSPS) is 15.2. The van der Waals surface area contributed by atoms with Gasteiger partial charge in [0.2, 0.25) is 5.91 Å². The maximum atomic E-state index is 12.3. The Balaban J connectivity index is 1.89. The SMILES string of the molecule is Cc1ccc(OCCC(=O)N(C2CC2)C(C)C(=O)O)c(C)c1. The van der Waals surface area contributed by atoms with Crippen molar-refractivity contribution >= 4 is 11.9 Å². The Hall–Kier alpha value is -2.04. The van der Waals surface area contributed by atoms with Gasteiger partial charge in [0.25, 0.3) is 0 Å². The van der Waals surface area contributed by atoms with E-state index in [4.69, 9.17) is 9.84 Å². The molecule has 1 amide bonds. The van der Waals surface area contributed by atoms with E-state index in [2.05, 4.69) is 0 Å². The summed E-state index contributed by atoms with van der Waals surface area (Å²) >= 11 is 0. The molecule has 120 valence electrons. The second-order valence-corrected chi connectivity index (χ2v) is 5.91. The molecule has 1 aliphatic rings. The molecule has 0 aliphatic heterocycles. The number of carbonyl (C=O) groups excluding carboxylic acids is 1. The van der Waals surface area contributed by atoms with Crippen LogP contribution in [0.15, 0.2) is 18.2 Å². The topological polar surface area (TPSA) is 66.8 Å². The van der Waals surface area contributed by atoms with Crippen molar-refractivity contribution in [2.24, 2.45) is 0 Å². The van der Waals surface area contributed by atoms with Gasteiger partial charge >= 0.3 is 5.97 Å². The van der Waals surface area contributed by atoms with Crippen LogP contribution in [0.2, 0.25) is 0 Å². The van der Waals surface area contributed by atoms with Gasteiger partial charge in [-0.2, -0.15) is 0 Å². The minimum absolute atomic E-state index is 0.0831. The number of carboxylic acids is 1. The maximum Gasteiger partial charge on any atom is 0.326 e. The lowest BCUT2D eigenvalue weighted by molar-refractivity contribution is -0.150. The molecule has 1 aromatic rings. The zero-order valence-corrected chi connectivity index (χ0v) is 13.3.